The van der Waals surface area contributed by atoms with E-state index in [9.17, 15) is 4.79 Å². The van der Waals surface area contributed by atoms with Gasteiger partial charge in [-0.15, -0.1) is 0 Å². The van der Waals surface area contributed by atoms with Crippen molar-refractivity contribution in [3.8, 4) is 5.75 Å². The van der Waals surface area contributed by atoms with E-state index in [1.165, 1.54) is 0 Å². The number of carbonyl (C=O) groups is 1. The lowest BCUT2D eigenvalue weighted by molar-refractivity contribution is -0.142. The quantitative estimate of drug-likeness (QED) is 0.522. The molecule has 0 spiro atoms. The molecule has 3 nitrogen and oxygen atoms in total. The molecule has 0 N–H and O–H groups in total. The number of benzene rings is 1. The van der Waals surface area contributed by atoms with Crippen molar-refractivity contribution >= 4 is 5.97 Å². The first-order valence-electron chi connectivity index (χ1n) is 5.86. The number of hydrogen-bond acceptors (Lipinski definition) is 3. The van der Waals surface area contributed by atoms with Gasteiger partial charge in [0.15, 0.2) is 0 Å². The third kappa shape index (κ3) is 4.87. The Bertz CT molecular complexity index is 410. The predicted octanol–water partition coefficient (Wildman–Crippen LogP) is 2.91. The molecule has 18 heavy (non-hydrogen) atoms. The van der Waals surface area contributed by atoms with E-state index in [-0.39, 0.29) is 12.6 Å². The van der Waals surface area contributed by atoms with Gasteiger partial charge in [-0.05, 0) is 18.1 Å². The minimum atomic E-state index is -0.228. The topological polar surface area (TPSA) is 35.5 Å². The molecule has 0 aliphatic rings. The molecule has 1 rings (SSSR count). The minimum Gasteiger partial charge on any atom is -0.489 e. The number of ether oxygens (including phenoxy) is 2. The summed E-state index contributed by atoms with van der Waals surface area (Å²) in [5, 5.41) is 0. The molecule has 0 aliphatic heterocycles. The Morgan fingerprint density at radius 2 is 1.89 bits per heavy atom. The van der Waals surface area contributed by atoms with E-state index in [1.54, 1.807) is 12.2 Å². The van der Waals surface area contributed by atoms with Crippen molar-refractivity contribution in [1.82, 2.24) is 0 Å². The highest BCUT2D eigenvalue weighted by atomic mass is 16.5. The molecule has 0 atom stereocenters. The van der Waals surface area contributed by atoms with Gasteiger partial charge in [0, 0.05) is 6.42 Å². The van der Waals surface area contributed by atoms with Crippen LogP contribution in [0, 0.1) is 0 Å². The third-order valence-corrected chi connectivity index (χ3v) is 2.29. The largest absolute Gasteiger partial charge is 0.489 e. The van der Waals surface area contributed by atoms with Crippen molar-refractivity contribution in [3.05, 3.63) is 55.1 Å². The van der Waals surface area contributed by atoms with Gasteiger partial charge in [0.25, 0.3) is 0 Å². The summed E-state index contributed by atoms with van der Waals surface area (Å²) < 4.78 is 10.4. The lowest BCUT2D eigenvalue weighted by atomic mass is 10.1. The van der Waals surface area contributed by atoms with Crippen LogP contribution in [0.15, 0.2) is 49.6 Å². The molecular weight excluding hydrogens is 228 g/mol. The highest BCUT2D eigenvalue weighted by molar-refractivity contribution is 5.70. The maximum Gasteiger partial charge on any atom is 0.306 e. The zero-order valence-electron chi connectivity index (χ0n) is 10.4. The Morgan fingerprint density at radius 3 is 2.61 bits per heavy atom. The van der Waals surface area contributed by atoms with Crippen LogP contribution in [0.4, 0.5) is 0 Å². The van der Waals surface area contributed by atoms with Crippen LogP contribution in [0.25, 0.3) is 0 Å². The number of hydrogen-bond donors (Lipinski definition) is 0. The predicted molar refractivity (Wildman–Crippen MR) is 71.6 cm³/mol. The van der Waals surface area contributed by atoms with E-state index >= 15 is 0 Å². The van der Waals surface area contributed by atoms with Crippen molar-refractivity contribution < 1.29 is 14.3 Å². The Kier molecular flexibility index (Phi) is 6.33. The van der Waals surface area contributed by atoms with E-state index in [2.05, 4.69) is 13.2 Å². The summed E-state index contributed by atoms with van der Waals surface area (Å²) in [6.07, 6.45) is 4.18. The normalized spacial score (nSPS) is 9.56. The summed E-state index contributed by atoms with van der Waals surface area (Å²) in [5.41, 5.74) is 0.995. The van der Waals surface area contributed by atoms with Gasteiger partial charge < -0.3 is 9.47 Å². The van der Waals surface area contributed by atoms with Gasteiger partial charge >= 0.3 is 5.97 Å². The zero-order chi connectivity index (χ0) is 13.2. The number of esters is 1. The number of para-hydroxylation sites is 1. The van der Waals surface area contributed by atoms with Crippen molar-refractivity contribution in [2.75, 3.05) is 13.2 Å². The fourth-order valence-corrected chi connectivity index (χ4v) is 1.46. The number of aryl methyl sites for hydroxylation is 1. The van der Waals surface area contributed by atoms with Gasteiger partial charge in [0.1, 0.15) is 19.0 Å². The van der Waals surface area contributed by atoms with Gasteiger partial charge in [0.2, 0.25) is 0 Å². The van der Waals surface area contributed by atoms with Crippen molar-refractivity contribution in [2.24, 2.45) is 0 Å². The molecule has 0 heterocycles. The second kappa shape index (κ2) is 8.12. The average molecular weight is 246 g/mol. The second-order valence-corrected chi connectivity index (χ2v) is 3.68. The highest BCUT2D eigenvalue weighted by Gasteiger charge is 2.06. The summed E-state index contributed by atoms with van der Waals surface area (Å²) in [4.78, 5) is 11.4. The third-order valence-electron chi connectivity index (χ3n) is 2.29. The van der Waals surface area contributed by atoms with Crippen molar-refractivity contribution in [3.63, 3.8) is 0 Å². The van der Waals surface area contributed by atoms with Gasteiger partial charge in [-0.1, -0.05) is 43.5 Å². The van der Waals surface area contributed by atoms with E-state index in [0.717, 1.165) is 11.3 Å². The Hall–Kier alpha value is -2.03. The first-order chi connectivity index (χ1) is 8.77. The molecule has 1 aromatic carbocycles. The maximum absolute atomic E-state index is 11.4. The SMILES string of the molecule is C=CCOC(=O)CCc1ccccc1OCC=C. The van der Waals surface area contributed by atoms with Crippen LogP contribution in [-0.4, -0.2) is 19.2 Å². The molecule has 0 amide bonds. The van der Waals surface area contributed by atoms with Crippen LogP contribution in [0.1, 0.15) is 12.0 Å². The molecule has 0 fully saturated rings. The van der Waals surface area contributed by atoms with Gasteiger partial charge in [-0.3, -0.25) is 4.79 Å². The van der Waals surface area contributed by atoms with E-state index in [1.807, 2.05) is 24.3 Å². The van der Waals surface area contributed by atoms with Gasteiger partial charge in [-0.25, -0.2) is 0 Å². The van der Waals surface area contributed by atoms with Crippen molar-refractivity contribution in [1.29, 1.82) is 0 Å². The zero-order valence-corrected chi connectivity index (χ0v) is 10.4. The van der Waals surface area contributed by atoms with Crippen LogP contribution >= 0.6 is 0 Å². The van der Waals surface area contributed by atoms with Crippen LogP contribution < -0.4 is 4.74 Å². The first kappa shape index (κ1) is 14.0. The number of carbonyl (C=O) groups excluding carboxylic acids is 1. The summed E-state index contributed by atoms with van der Waals surface area (Å²) in [7, 11) is 0. The fourth-order valence-electron chi connectivity index (χ4n) is 1.46. The van der Waals surface area contributed by atoms with E-state index in [4.69, 9.17) is 9.47 Å². The minimum absolute atomic E-state index is 0.228. The molecule has 0 saturated heterocycles. The molecule has 0 radical (unpaired) electrons. The van der Waals surface area contributed by atoms with Gasteiger partial charge in [0.05, 0.1) is 0 Å². The van der Waals surface area contributed by atoms with E-state index in [0.29, 0.717) is 19.4 Å². The summed E-state index contributed by atoms with van der Waals surface area (Å²) in [5.74, 6) is 0.558. The fraction of sp³-hybridized carbons (Fsp3) is 0.267. The molecule has 0 bridgehead atoms. The Morgan fingerprint density at radius 1 is 1.17 bits per heavy atom. The lowest BCUT2D eigenvalue weighted by Crippen LogP contribution is -2.06. The molecule has 0 aromatic heterocycles. The lowest BCUT2D eigenvalue weighted by Gasteiger charge is -2.09. The molecule has 0 aliphatic carbocycles. The summed E-state index contributed by atoms with van der Waals surface area (Å²) in [6, 6.07) is 7.65. The van der Waals surface area contributed by atoms with Gasteiger partial charge in [-0.2, -0.15) is 0 Å². The average Bonchev–Trinajstić information content (AvgIpc) is 2.41. The monoisotopic (exact) mass is 246 g/mol. The smallest absolute Gasteiger partial charge is 0.306 e. The standard InChI is InChI=1S/C15H18O3/c1-3-11-17-14-8-6-5-7-13(14)9-10-15(16)18-12-4-2/h3-8H,1-2,9-12H2. The summed E-state index contributed by atoms with van der Waals surface area (Å²) in [6.45, 7) is 7.81. The molecule has 3 heteroatoms. The second-order valence-electron chi connectivity index (χ2n) is 3.68. The molecule has 1 aromatic rings. The highest BCUT2D eigenvalue weighted by Crippen LogP contribution is 2.19. The molecule has 0 saturated carbocycles. The summed E-state index contributed by atoms with van der Waals surface area (Å²) >= 11 is 0. The van der Waals surface area contributed by atoms with Crippen molar-refractivity contribution in [2.45, 2.75) is 12.8 Å². The number of rotatable bonds is 8. The molecule has 96 valence electrons. The molecular formula is C15H18O3. The maximum atomic E-state index is 11.4. The van der Waals surface area contributed by atoms with Crippen LogP contribution in [0.2, 0.25) is 0 Å². The van der Waals surface area contributed by atoms with E-state index < -0.39 is 0 Å². The molecule has 0 unspecified atom stereocenters. The Labute approximate surface area is 108 Å². The van der Waals surface area contributed by atoms with Crippen LogP contribution in [-0.2, 0) is 16.0 Å². The van der Waals surface area contributed by atoms with Crippen LogP contribution in [0.5, 0.6) is 5.75 Å². The Balaban J connectivity index is 2.52. The van der Waals surface area contributed by atoms with Crippen LogP contribution in [0.3, 0.4) is 0 Å². The first-order valence-corrected chi connectivity index (χ1v) is 5.86.